The van der Waals surface area contributed by atoms with Gasteiger partial charge in [-0.25, -0.2) is 4.98 Å². The molecule has 0 atom stereocenters. The average Bonchev–Trinajstić information content (AvgIpc) is 2.27. The van der Waals surface area contributed by atoms with E-state index in [1.165, 1.54) is 11.3 Å². The molecule has 1 aliphatic rings. The molecule has 70 valence electrons. The van der Waals surface area contributed by atoms with Crippen molar-refractivity contribution in [3.05, 3.63) is 15.0 Å². The first-order chi connectivity index (χ1) is 5.98. The summed E-state index contributed by atoms with van der Waals surface area (Å²) in [4.78, 5) is 16.6. The Morgan fingerprint density at radius 1 is 1.46 bits per heavy atom. The molecule has 13 heavy (non-hydrogen) atoms. The van der Waals surface area contributed by atoms with Gasteiger partial charge in [0.2, 0.25) is 0 Å². The molecule has 0 saturated heterocycles. The molecular weight excluding hydrogens is 206 g/mol. The van der Waals surface area contributed by atoms with Crippen molar-refractivity contribution in [3.63, 3.8) is 0 Å². The van der Waals surface area contributed by atoms with Crippen LogP contribution in [0.4, 0.5) is 0 Å². The predicted octanol–water partition coefficient (Wildman–Crippen LogP) is 2.95. The molecule has 0 N–H and O–H groups in total. The molecule has 0 radical (unpaired) electrons. The minimum Gasteiger partial charge on any atom is -0.293 e. The second-order valence-corrected chi connectivity index (χ2v) is 5.76. The molecule has 0 spiro atoms. The fourth-order valence-corrected chi connectivity index (χ4v) is 2.77. The lowest BCUT2D eigenvalue weighted by molar-refractivity contribution is 0.0916. The van der Waals surface area contributed by atoms with Gasteiger partial charge in [0.05, 0.1) is 10.6 Å². The van der Waals surface area contributed by atoms with Crippen molar-refractivity contribution in [1.82, 2.24) is 4.98 Å². The summed E-state index contributed by atoms with van der Waals surface area (Å²) >= 11 is 7.07. The molecule has 1 heterocycles. The van der Waals surface area contributed by atoms with Crippen molar-refractivity contribution < 1.29 is 4.79 Å². The Hall–Kier alpha value is -0.410. The van der Waals surface area contributed by atoms with Gasteiger partial charge in [0.25, 0.3) is 0 Å². The molecule has 0 amide bonds. The molecule has 1 aromatic heterocycles. The Morgan fingerprint density at radius 2 is 2.15 bits per heavy atom. The first-order valence-electron chi connectivity index (χ1n) is 4.16. The summed E-state index contributed by atoms with van der Waals surface area (Å²) in [5.74, 6) is 0.190. The number of hydrogen-bond acceptors (Lipinski definition) is 3. The second kappa shape index (κ2) is 2.79. The van der Waals surface area contributed by atoms with E-state index < -0.39 is 0 Å². The molecule has 2 nitrogen and oxygen atoms in total. The van der Waals surface area contributed by atoms with Crippen LogP contribution >= 0.6 is 22.9 Å². The summed E-state index contributed by atoms with van der Waals surface area (Å²) in [6.45, 7) is 4.17. The quantitative estimate of drug-likeness (QED) is 0.666. The summed E-state index contributed by atoms with van der Waals surface area (Å²) in [6.07, 6.45) is 1.47. The van der Waals surface area contributed by atoms with Crippen LogP contribution in [0.15, 0.2) is 0 Å². The van der Waals surface area contributed by atoms with E-state index in [1.54, 1.807) is 0 Å². The third kappa shape index (κ3) is 1.63. The van der Waals surface area contributed by atoms with Gasteiger partial charge in [-0.2, -0.15) is 0 Å². The standard InChI is InChI=1S/C9H10ClNOS/c1-9(2)3-5-7(6(12)4-9)13-8(10)11-5/h3-4H2,1-2H3. The molecule has 0 aromatic carbocycles. The highest BCUT2D eigenvalue weighted by Gasteiger charge is 2.33. The number of nitrogens with zero attached hydrogens (tertiary/aromatic N) is 1. The maximum atomic E-state index is 11.6. The number of carbonyl (C=O) groups is 1. The van der Waals surface area contributed by atoms with Crippen LogP contribution in [0.1, 0.15) is 35.6 Å². The van der Waals surface area contributed by atoms with E-state index in [9.17, 15) is 4.79 Å². The summed E-state index contributed by atoms with van der Waals surface area (Å²) in [5, 5.41) is 0. The summed E-state index contributed by atoms with van der Waals surface area (Å²) in [6, 6.07) is 0. The molecule has 1 aromatic rings. The Morgan fingerprint density at radius 3 is 2.85 bits per heavy atom. The maximum Gasteiger partial charge on any atom is 0.184 e. The van der Waals surface area contributed by atoms with Crippen LogP contribution in [0.3, 0.4) is 0 Å². The topological polar surface area (TPSA) is 30.0 Å². The van der Waals surface area contributed by atoms with E-state index in [0.29, 0.717) is 10.9 Å². The Labute approximate surface area is 85.9 Å². The number of fused-ring (bicyclic) bond motifs is 1. The lowest BCUT2D eigenvalue weighted by Gasteiger charge is -2.26. The smallest absolute Gasteiger partial charge is 0.184 e. The summed E-state index contributed by atoms with van der Waals surface area (Å²) < 4.78 is 0.482. The van der Waals surface area contributed by atoms with E-state index in [-0.39, 0.29) is 11.2 Å². The van der Waals surface area contributed by atoms with Gasteiger partial charge < -0.3 is 0 Å². The normalized spacial score (nSPS) is 20.1. The molecule has 0 fully saturated rings. The van der Waals surface area contributed by atoms with Crippen molar-refractivity contribution >= 4 is 28.7 Å². The van der Waals surface area contributed by atoms with Crippen LogP contribution in [-0.4, -0.2) is 10.8 Å². The minimum absolute atomic E-state index is 0.0431. The first-order valence-corrected chi connectivity index (χ1v) is 5.36. The van der Waals surface area contributed by atoms with Crippen LogP contribution in [0.5, 0.6) is 0 Å². The van der Waals surface area contributed by atoms with Crippen molar-refractivity contribution in [2.24, 2.45) is 5.41 Å². The monoisotopic (exact) mass is 215 g/mol. The fraction of sp³-hybridized carbons (Fsp3) is 0.556. The number of hydrogen-bond donors (Lipinski definition) is 0. The van der Waals surface area contributed by atoms with Crippen LogP contribution < -0.4 is 0 Å². The van der Waals surface area contributed by atoms with Gasteiger partial charge in [0, 0.05) is 6.42 Å². The predicted molar refractivity (Wildman–Crippen MR) is 53.6 cm³/mol. The molecule has 4 heteroatoms. The zero-order valence-electron chi connectivity index (χ0n) is 7.56. The number of halogens is 1. The molecule has 2 rings (SSSR count). The van der Waals surface area contributed by atoms with Crippen LogP contribution in [0, 0.1) is 5.41 Å². The first kappa shape index (κ1) is 9.16. The van der Waals surface area contributed by atoms with Crippen molar-refractivity contribution in [2.45, 2.75) is 26.7 Å². The average molecular weight is 216 g/mol. The SMILES string of the molecule is CC1(C)CC(=O)c2sc(Cl)nc2C1. The number of Topliss-reactive ketones (excluding diaryl/α,β-unsaturated/α-hetero) is 1. The van der Waals surface area contributed by atoms with Gasteiger partial charge in [-0.15, -0.1) is 0 Å². The van der Waals surface area contributed by atoms with E-state index in [2.05, 4.69) is 18.8 Å². The van der Waals surface area contributed by atoms with Gasteiger partial charge in [0.15, 0.2) is 10.3 Å². The van der Waals surface area contributed by atoms with Crippen molar-refractivity contribution in [2.75, 3.05) is 0 Å². The number of carbonyl (C=O) groups excluding carboxylic acids is 1. The van der Waals surface area contributed by atoms with E-state index in [4.69, 9.17) is 11.6 Å². The fourth-order valence-electron chi connectivity index (χ4n) is 1.69. The molecule has 1 aliphatic carbocycles. The molecule has 0 bridgehead atoms. The van der Waals surface area contributed by atoms with Crippen molar-refractivity contribution in [3.8, 4) is 0 Å². The van der Waals surface area contributed by atoms with E-state index >= 15 is 0 Å². The summed E-state index contributed by atoms with van der Waals surface area (Å²) in [7, 11) is 0. The van der Waals surface area contributed by atoms with Gasteiger partial charge in [-0.1, -0.05) is 36.8 Å². The lowest BCUT2D eigenvalue weighted by Crippen LogP contribution is -2.25. The van der Waals surface area contributed by atoms with Crippen molar-refractivity contribution in [1.29, 1.82) is 0 Å². The highest BCUT2D eigenvalue weighted by atomic mass is 35.5. The zero-order valence-corrected chi connectivity index (χ0v) is 9.13. The zero-order chi connectivity index (χ0) is 9.64. The molecular formula is C9H10ClNOS. The lowest BCUT2D eigenvalue weighted by atomic mass is 9.78. The Kier molecular flexibility index (Phi) is 1.96. The number of thiazole rings is 1. The molecule has 0 aliphatic heterocycles. The third-order valence-corrected chi connectivity index (χ3v) is 3.45. The number of rotatable bonds is 0. The van der Waals surface area contributed by atoms with E-state index in [1.807, 2.05) is 0 Å². The van der Waals surface area contributed by atoms with Gasteiger partial charge in [-0.3, -0.25) is 4.79 Å². The number of aromatic nitrogens is 1. The van der Waals surface area contributed by atoms with Crippen LogP contribution in [0.25, 0.3) is 0 Å². The number of ketones is 1. The minimum atomic E-state index is 0.0431. The molecule has 0 saturated carbocycles. The molecule has 0 unspecified atom stereocenters. The maximum absolute atomic E-state index is 11.6. The highest BCUT2D eigenvalue weighted by molar-refractivity contribution is 7.17. The largest absolute Gasteiger partial charge is 0.293 e. The Bertz CT molecular complexity index is 370. The van der Waals surface area contributed by atoms with Gasteiger partial charge in [0.1, 0.15) is 0 Å². The Balaban J connectivity index is 2.48. The third-order valence-electron chi connectivity index (χ3n) is 2.21. The summed E-state index contributed by atoms with van der Waals surface area (Å²) in [5.41, 5.74) is 0.929. The van der Waals surface area contributed by atoms with Crippen LogP contribution in [-0.2, 0) is 6.42 Å². The van der Waals surface area contributed by atoms with Crippen LogP contribution in [0.2, 0.25) is 4.47 Å². The van der Waals surface area contributed by atoms with Gasteiger partial charge in [-0.05, 0) is 11.8 Å². The highest BCUT2D eigenvalue weighted by Crippen LogP contribution is 2.37. The van der Waals surface area contributed by atoms with Gasteiger partial charge >= 0.3 is 0 Å². The second-order valence-electron chi connectivity index (χ2n) is 4.18. The van der Waals surface area contributed by atoms with E-state index in [0.717, 1.165) is 17.0 Å².